The van der Waals surface area contributed by atoms with E-state index in [0.29, 0.717) is 24.8 Å². The second-order valence-corrected chi connectivity index (χ2v) is 6.67. The number of nitrogens with one attached hydrogen (secondary N) is 2. The van der Waals surface area contributed by atoms with E-state index in [-0.39, 0.29) is 5.91 Å². The number of carbonyl (C=O) groups excluding carboxylic acids is 1. The molecule has 0 aliphatic carbocycles. The molecule has 26 heavy (non-hydrogen) atoms. The zero-order valence-corrected chi connectivity index (χ0v) is 15.0. The minimum absolute atomic E-state index is 0.0706. The molecule has 3 aromatic rings. The fourth-order valence-electron chi connectivity index (χ4n) is 3.12. The van der Waals surface area contributed by atoms with Crippen LogP contribution < -0.4 is 15.5 Å². The molecule has 0 radical (unpaired) electrons. The van der Waals surface area contributed by atoms with Crippen LogP contribution in [0.3, 0.4) is 0 Å². The number of aromatic nitrogens is 1. The standard InChI is InChI=1S/C20H19ClN4O/c21-20-17-4-2-1-3-15(17)11-18(24-20)23-12-14-5-7-16(8-6-14)25-10-9-22-19(26)13-25/h1-8,11H,9-10,12-13H2,(H,22,26)(H,23,24). The first-order valence-corrected chi connectivity index (χ1v) is 8.96. The van der Waals surface area contributed by atoms with Crippen LogP contribution in [0.1, 0.15) is 5.56 Å². The molecule has 4 rings (SSSR count). The molecule has 1 saturated heterocycles. The topological polar surface area (TPSA) is 57.3 Å². The van der Waals surface area contributed by atoms with Gasteiger partial charge in [0.1, 0.15) is 11.0 Å². The normalized spacial score (nSPS) is 14.3. The maximum absolute atomic E-state index is 11.5. The van der Waals surface area contributed by atoms with Gasteiger partial charge in [-0.3, -0.25) is 4.79 Å². The molecule has 0 saturated carbocycles. The van der Waals surface area contributed by atoms with Crippen LogP contribution in [-0.2, 0) is 11.3 Å². The first-order valence-electron chi connectivity index (χ1n) is 8.59. The number of fused-ring (bicyclic) bond motifs is 1. The molecule has 6 heteroatoms. The fourth-order valence-corrected chi connectivity index (χ4v) is 3.39. The van der Waals surface area contributed by atoms with Gasteiger partial charge >= 0.3 is 0 Å². The maximum Gasteiger partial charge on any atom is 0.239 e. The van der Waals surface area contributed by atoms with Gasteiger partial charge in [0.25, 0.3) is 0 Å². The molecule has 1 amide bonds. The Bertz CT molecular complexity index is 942. The van der Waals surface area contributed by atoms with Crippen LogP contribution in [0.4, 0.5) is 11.5 Å². The van der Waals surface area contributed by atoms with E-state index in [1.54, 1.807) is 0 Å². The van der Waals surface area contributed by atoms with Gasteiger partial charge in [-0.15, -0.1) is 0 Å². The molecule has 0 atom stereocenters. The highest BCUT2D eigenvalue weighted by Crippen LogP contribution is 2.25. The van der Waals surface area contributed by atoms with Gasteiger partial charge in [-0.1, -0.05) is 48.0 Å². The number of benzene rings is 2. The summed E-state index contributed by atoms with van der Waals surface area (Å²) in [6.07, 6.45) is 0. The number of anilines is 2. The molecular formula is C20H19ClN4O. The molecule has 1 aromatic heterocycles. The van der Waals surface area contributed by atoms with Gasteiger partial charge in [-0.2, -0.15) is 0 Å². The molecule has 0 unspecified atom stereocenters. The Labute approximate surface area is 157 Å². The van der Waals surface area contributed by atoms with Gasteiger partial charge in [0.05, 0.1) is 6.54 Å². The van der Waals surface area contributed by atoms with Gasteiger partial charge in [-0.25, -0.2) is 4.98 Å². The molecule has 0 bridgehead atoms. The summed E-state index contributed by atoms with van der Waals surface area (Å²) in [5.41, 5.74) is 2.21. The highest BCUT2D eigenvalue weighted by atomic mass is 35.5. The van der Waals surface area contributed by atoms with Crippen molar-refractivity contribution >= 4 is 39.8 Å². The molecule has 2 N–H and O–H groups in total. The third kappa shape index (κ3) is 3.58. The van der Waals surface area contributed by atoms with Crippen LogP contribution in [-0.4, -0.2) is 30.5 Å². The number of piperazine rings is 1. The Balaban J connectivity index is 1.44. The molecular weight excluding hydrogens is 348 g/mol. The minimum atomic E-state index is 0.0706. The zero-order chi connectivity index (χ0) is 17.9. The lowest BCUT2D eigenvalue weighted by molar-refractivity contribution is -0.120. The number of amides is 1. The second-order valence-electron chi connectivity index (χ2n) is 6.31. The minimum Gasteiger partial charge on any atom is -0.366 e. The van der Waals surface area contributed by atoms with Crippen molar-refractivity contribution in [3.8, 4) is 0 Å². The van der Waals surface area contributed by atoms with Crippen molar-refractivity contribution in [2.75, 3.05) is 29.9 Å². The highest BCUT2D eigenvalue weighted by Gasteiger charge is 2.16. The first kappa shape index (κ1) is 16.7. The molecule has 1 aliphatic rings. The lowest BCUT2D eigenvalue weighted by Crippen LogP contribution is -2.47. The molecule has 5 nitrogen and oxygen atoms in total. The van der Waals surface area contributed by atoms with Gasteiger partial charge in [-0.05, 0) is 29.1 Å². The summed E-state index contributed by atoms with van der Waals surface area (Å²) in [7, 11) is 0. The van der Waals surface area contributed by atoms with E-state index in [4.69, 9.17) is 11.6 Å². The van der Waals surface area contributed by atoms with E-state index in [0.717, 1.165) is 34.4 Å². The Kier molecular flexibility index (Phi) is 4.63. The van der Waals surface area contributed by atoms with E-state index >= 15 is 0 Å². The zero-order valence-electron chi connectivity index (χ0n) is 14.2. The number of rotatable bonds is 4. The highest BCUT2D eigenvalue weighted by molar-refractivity contribution is 6.34. The van der Waals surface area contributed by atoms with E-state index in [9.17, 15) is 4.79 Å². The lowest BCUT2D eigenvalue weighted by Gasteiger charge is -2.28. The number of nitrogens with zero attached hydrogens (tertiary/aromatic N) is 2. The smallest absolute Gasteiger partial charge is 0.239 e. The van der Waals surface area contributed by atoms with E-state index < -0.39 is 0 Å². The molecule has 0 spiro atoms. The Morgan fingerprint density at radius 1 is 1.15 bits per heavy atom. The van der Waals surface area contributed by atoms with Crippen LogP contribution in [0.15, 0.2) is 54.6 Å². The fraction of sp³-hybridized carbons (Fsp3) is 0.200. The van der Waals surface area contributed by atoms with Gasteiger partial charge in [0.2, 0.25) is 5.91 Å². The maximum atomic E-state index is 11.5. The predicted molar refractivity (Wildman–Crippen MR) is 106 cm³/mol. The Morgan fingerprint density at radius 3 is 2.77 bits per heavy atom. The van der Waals surface area contributed by atoms with Crippen LogP contribution in [0, 0.1) is 0 Å². The van der Waals surface area contributed by atoms with Crippen LogP contribution in [0.25, 0.3) is 10.8 Å². The average molecular weight is 367 g/mol. The van der Waals surface area contributed by atoms with Gasteiger partial charge in [0.15, 0.2) is 0 Å². The number of hydrogen-bond acceptors (Lipinski definition) is 4. The summed E-state index contributed by atoms with van der Waals surface area (Å²) in [5, 5.41) is 8.69. The van der Waals surface area contributed by atoms with Crippen molar-refractivity contribution in [3.05, 3.63) is 65.3 Å². The Morgan fingerprint density at radius 2 is 1.96 bits per heavy atom. The lowest BCUT2D eigenvalue weighted by atomic mass is 10.1. The summed E-state index contributed by atoms with van der Waals surface area (Å²) in [4.78, 5) is 18.0. The van der Waals surface area contributed by atoms with Crippen molar-refractivity contribution in [1.82, 2.24) is 10.3 Å². The average Bonchev–Trinajstić information content (AvgIpc) is 2.67. The van der Waals surface area contributed by atoms with Crippen LogP contribution >= 0.6 is 11.6 Å². The van der Waals surface area contributed by atoms with Crippen molar-refractivity contribution in [2.45, 2.75) is 6.54 Å². The Hall–Kier alpha value is -2.79. The SMILES string of the molecule is O=C1CN(c2ccc(CNc3cc4ccccc4c(Cl)n3)cc2)CCN1. The van der Waals surface area contributed by atoms with Gasteiger partial charge in [0, 0.05) is 30.7 Å². The predicted octanol–water partition coefficient (Wildman–Crippen LogP) is 3.44. The van der Waals surface area contributed by atoms with Crippen molar-refractivity contribution in [3.63, 3.8) is 0 Å². The number of carbonyl (C=O) groups is 1. The second kappa shape index (κ2) is 7.22. The number of pyridine rings is 1. The third-order valence-electron chi connectivity index (χ3n) is 4.51. The number of halogens is 1. The summed E-state index contributed by atoms with van der Waals surface area (Å²) in [6.45, 7) is 2.60. The summed E-state index contributed by atoms with van der Waals surface area (Å²) < 4.78 is 0. The van der Waals surface area contributed by atoms with Crippen molar-refractivity contribution in [2.24, 2.45) is 0 Å². The van der Waals surface area contributed by atoms with E-state index in [1.165, 1.54) is 0 Å². The van der Waals surface area contributed by atoms with Crippen molar-refractivity contribution < 1.29 is 4.79 Å². The van der Waals surface area contributed by atoms with E-state index in [1.807, 2.05) is 30.3 Å². The summed E-state index contributed by atoms with van der Waals surface area (Å²) in [6, 6.07) is 18.2. The van der Waals surface area contributed by atoms with Crippen molar-refractivity contribution in [1.29, 1.82) is 0 Å². The quantitative estimate of drug-likeness (QED) is 0.694. The molecule has 2 aromatic carbocycles. The molecule has 1 aliphatic heterocycles. The largest absolute Gasteiger partial charge is 0.366 e. The van der Waals surface area contributed by atoms with Gasteiger partial charge < -0.3 is 15.5 Å². The molecule has 2 heterocycles. The summed E-state index contributed by atoms with van der Waals surface area (Å²) >= 11 is 6.27. The molecule has 1 fully saturated rings. The number of hydrogen-bond donors (Lipinski definition) is 2. The van der Waals surface area contributed by atoms with E-state index in [2.05, 4.69) is 44.8 Å². The summed E-state index contributed by atoms with van der Waals surface area (Å²) in [5.74, 6) is 0.826. The third-order valence-corrected chi connectivity index (χ3v) is 4.80. The molecule has 132 valence electrons. The van der Waals surface area contributed by atoms with Crippen LogP contribution in [0.2, 0.25) is 5.15 Å². The monoisotopic (exact) mass is 366 g/mol. The van der Waals surface area contributed by atoms with Crippen LogP contribution in [0.5, 0.6) is 0 Å². The first-order chi connectivity index (χ1) is 12.7.